The van der Waals surface area contributed by atoms with Gasteiger partial charge in [0, 0.05) is 5.75 Å². The van der Waals surface area contributed by atoms with E-state index in [4.69, 9.17) is 4.74 Å². The van der Waals surface area contributed by atoms with E-state index in [0.29, 0.717) is 11.4 Å². The zero-order valence-corrected chi connectivity index (χ0v) is 15.1. The molecule has 1 N–H and O–H groups in total. The molecule has 0 spiro atoms. The van der Waals surface area contributed by atoms with E-state index >= 15 is 0 Å². The molecule has 1 heterocycles. The second kappa shape index (κ2) is 7.77. The lowest BCUT2D eigenvalue weighted by Gasteiger charge is -2.17. The molecule has 0 fully saturated rings. The molecule has 24 heavy (non-hydrogen) atoms. The van der Waals surface area contributed by atoms with Crippen LogP contribution in [-0.2, 0) is 10.5 Å². The summed E-state index contributed by atoms with van der Waals surface area (Å²) in [4.78, 5) is 17.1. The van der Waals surface area contributed by atoms with Gasteiger partial charge in [-0.2, -0.15) is 0 Å². The van der Waals surface area contributed by atoms with Crippen LogP contribution in [-0.4, -0.2) is 22.6 Å². The van der Waals surface area contributed by atoms with Crippen LogP contribution in [0.1, 0.15) is 12.5 Å². The van der Waals surface area contributed by atoms with Gasteiger partial charge in [0.1, 0.15) is 10.1 Å². The van der Waals surface area contributed by atoms with Gasteiger partial charge in [-0.05, 0) is 30.7 Å². The summed E-state index contributed by atoms with van der Waals surface area (Å²) in [6.07, 6.45) is 0. The standard InChI is InChI=1S/C18H18N2O2S2/c1-12(17(21)19-15-9-5-6-10-16(15)22-2)24-18-20-14-8-4-3-7-13(14)11-23-18/h3-10,12H,11H2,1-2H3,(H,19,21)/t12-/m0/s1. The van der Waals surface area contributed by atoms with Crippen molar-refractivity contribution >= 4 is 45.2 Å². The molecule has 4 nitrogen and oxygen atoms in total. The lowest BCUT2D eigenvalue weighted by Crippen LogP contribution is -2.23. The average molecular weight is 358 g/mol. The molecule has 0 saturated carbocycles. The highest BCUT2D eigenvalue weighted by atomic mass is 32.2. The first-order chi connectivity index (χ1) is 11.7. The minimum atomic E-state index is -0.244. The Balaban J connectivity index is 1.66. The third-order valence-electron chi connectivity index (χ3n) is 3.57. The predicted molar refractivity (Wildman–Crippen MR) is 104 cm³/mol. The zero-order chi connectivity index (χ0) is 16.9. The number of thioether (sulfide) groups is 2. The van der Waals surface area contributed by atoms with Crippen molar-refractivity contribution in [1.29, 1.82) is 0 Å². The smallest absolute Gasteiger partial charge is 0.237 e. The van der Waals surface area contributed by atoms with E-state index < -0.39 is 0 Å². The summed E-state index contributed by atoms with van der Waals surface area (Å²) in [7, 11) is 1.59. The quantitative estimate of drug-likeness (QED) is 0.861. The fraction of sp³-hybridized carbons (Fsp3) is 0.222. The number of carbonyl (C=O) groups is 1. The molecule has 6 heteroatoms. The van der Waals surface area contributed by atoms with Gasteiger partial charge in [-0.1, -0.05) is 53.9 Å². The number of methoxy groups -OCH3 is 1. The van der Waals surface area contributed by atoms with Crippen molar-refractivity contribution in [1.82, 2.24) is 0 Å². The maximum Gasteiger partial charge on any atom is 0.237 e. The topological polar surface area (TPSA) is 50.7 Å². The number of aliphatic imine (C=N–C) groups is 1. The van der Waals surface area contributed by atoms with Crippen LogP contribution in [0, 0.1) is 0 Å². The van der Waals surface area contributed by atoms with E-state index in [1.54, 1.807) is 18.9 Å². The molecular formula is C18H18N2O2S2. The van der Waals surface area contributed by atoms with Crippen molar-refractivity contribution in [3.05, 3.63) is 54.1 Å². The van der Waals surface area contributed by atoms with Crippen LogP contribution in [0.2, 0.25) is 0 Å². The van der Waals surface area contributed by atoms with Gasteiger partial charge in [0.15, 0.2) is 0 Å². The Hall–Kier alpha value is -1.92. The Kier molecular flexibility index (Phi) is 5.48. The summed E-state index contributed by atoms with van der Waals surface area (Å²) in [5.74, 6) is 1.48. The number of rotatable bonds is 4. The number of nitrogens with one attached hydrogen (secondary N) is 1. The van der Waals surface area contributed by atoms with Crippen LogP contribution in [0.4, 0.5) is 11.4 Å². The monoisotopic (exact) mass is 358 g/mol. The Morgan fingerprint density at radius 1 is 1.25 bits per heavy atom. The molecule has 0 radical (unpaired) electrons. The van der Waals surface area contributed by atoms with Crippen LogP contribution in [0.3, 0.4) is 0 Å². The maximum atomic E-state index is 12.4. The molecule has 1 atom stereocenters. The van der Waals surface area contributed by atoms with Crippen molar-refractivity contribution in [3.63, 3.8) is 0 Å². The largest absolute Gasteiger partial charge is 0.495 e. The summed E-state index contributed by atoms with van der Waals surface area (Å²) in [5, 5.41) is 2.68. The van der Waals surface area contributed by atoms with E-state index in [9.17, 15) is 4.79 Å². The number of amides is 1. The number of hydrogen-bond acceptors (Lipinski definition) is 5. The fourth-order valence-corrected chi connectivity index (χ4v) is 4.45. The lowest BCUT2D eigenvalue weighted by molar-refractivity contribution is -0.115. The second-order valence-corrected chi connectivity index (χ2v) is 7.80. The van der Waals surface area contributed by atoms with Gasteiger partial charge in [-0.25, -0.2) is 4.99 Å². The Morgan fingerprint density at radius 3 is 2.83 bits per heavy atom. The number of ether oxygens (including phenoxy) is 1. The van der Waals surface area contributed by atoms with Gasteiger partial charge in [-0.15, -0.1) is 0 Å². The number of fused-ring (bicyclic) bond motifs is 1. The number of nitrogens with zero attached hydrogens (tertiary/aromatic N) is 1. The summed E-state index contributed by atoms with van der Waals surface area (Å²) in [6.45, 7) is 1.89. The first kappa shape index (κ1) is 16.9. The molecule has 1 amide bonds. The summed E-state index contributed by atoms with van der Waals surface area (Å²) < 4.78 is 6.19. The van der Waals surface area contributed by atoms with Crippen molar-refractivity contribution in [3.8, 4) is 5.75 Å². The molecule has 1 aliphatic rings. The highest BCUT2D eigenvalue weighted by molar-refractivity contribution is 8.39. The third kappa shape index (κ3) is 3.94. The van der Waals surface area contributed by atoms with Crippen LogP contribution in [0.15, 0.2) is 53.5 Å². The molecule has 1 aliphatic heterocycles. The number of hydrogen-bond donors (Lipinski definition) is 1. The zero-order valence-electron chi connectivity index (χ0n) is 13.5. The first-order valence-corrected chi connectivity index (χ1v) is 9.44. The Labute approximate surface area is 150 Å². The van der Waals surface area contributed by atoms with Crippen molar-refractivity contribution in [2.24, 2.45) is 4.99 Å². The lowest BCUT2D eigenvalue weighted by atomic mass is 10.2. The minimum absolute atomic E-state index is 0.0633. The van der Waals surface area contributed by atoms with Crippen LogP contribution >= 0.6 is 23.5 Å². The van der Waals surface area contributed by atoms with Gasteiger partial charge >= 0.3 is 0 Å². The Bertz CT molecular complexity index is 777. The maximum absolute atomic E-state index is 12.4. The molecule has 124 valence electrons. The van der Waals surface area contributed by atoms with Gasteiger partial charge in [0.05, 0.1) is 23.7 Å². The normalized spacial score (nSPS) is 14.3. The Morgan fingerprint density at radius 2 is 2.00 bits per heavy atom. The van der Waals surface area contributed by atoms with Crippen LogP contribution in [0.25, 0.3) is 0 Å². The van der Waals surface area contributed by atoms with Gasteiger partial charge in [0.2, 0.25) is 5.91 Å². The molecule has 2 aromatic carbocycles. The summed E-state index contributed by atoms with van der Waals surface area (Å²) >= 11 is 3.16. The van der Waals surface area contributed by atoms with E-state index in [1.165, 1.54) is 17.3 Å². The minimum Gasteiger partial charge on any atom is -0.495 e. The SMILES string of the molecule is COc1ccccc1NC(=O)[C@H](C)SC1=Nc2ccccc2CS1. The second-order valence-electron chi connectivity index (χ2n) is 5.24. The number of anilines is 1. The molecular weight excluding hydrogens is 340 g/mol. The fourth-order valence-electron chi connectivity index (χ4n) is 2.26. The molecule has 2 aromatic rings. The van der Waals surface area contributed by atoms with Gasteiger partial charge < -0.3 is 10.1 Å². The third-order valence-corrected chi connectivity index (χ3v) is 5.86. The summed E-state index contributed by atoms with van der Waals surface area (Å²) in [5.41, 5.74) is 2.91. The molecule has 3 rings (SSSR count). The van der Waals surface area contributed by atoms with E-state index in [0.717, 1.165) is 15.8 Å². The molecule has 0 unspecified atom stereocenters. The first-order valence-electron chi connectivity index (χ1n) is 7.57. The molecule has 0 aromatic heterocycles. The molecule has 0 bridgehead atoms. The average Bonchev–Trinajstić information content (AvgIpc) is 2.62. The van der Waals surface area contributed by atoms with Gasteiger partial charge in [0.25, 0.3) is 0 Å². The van der Waals surface area contributed by atoms with Gasteiger partial charge in [-0.3, -0.25) is 4.79 Å². The van der Waals surface area contributed by atoms with E-state index in [1.807, 2.05) is 49.4 Å². The van der Waals surface area contributed by atoms with Crippen molar-refractivity contribution < 1.29 is 9.53 Å². The van der Waals surface area contributed by atoms with Crippen LogP contribution < -0.4 is 10.1 Å². The highest BCUT2D eigenvalue weighted by Crippen LogP contribution is 2.36. The van der Waals surface area contributed by atoms with Crippen molar-refractivity contribution in [2.45, 2.75) is 17.9 Å². The van der Waals surface area contributed by atoms with Crippen molar-refractivity contribution in [2.75, 3.05) is 12.4 Å². The predicted octanol–water partition coefficient (Wildman–Crippen LogP) is 4.69. The number of benzene rings is 2. The van der Waals surface area contributed by atoms with E-state index in [2.05, 4.69) is 16.4 Å². The summed E-state index contributed by atoms with van der Waals surface area (Å²) in [6, 6.07) is 15.5. The number of carbonyl (C=O) groups excluding carboxylic acids is 1. The molecule has 0 aliphatic carbocycles. The van der Waals surface area contributed by atoms with Crippen LogP contribution in [0.5, 0.6) is 5.75 Å². The number of para-hydroxylation sites is 3. The van der Waals surface area contributed by atoms with E-state index in [-0.39, 0.29) is 11.2 Å². The molecule has 0 saturated heterocycles. The highest BCUT2D eigenvalue weighted by Gasteiger charge is 2.20.